The number of hydrogen-bond acceptors (Lipinski definition) is 7. The van der Waals surface area contributed by atoms with Gasteiger partial charge < -0.3 is 10.2 Å². The van der Waals surface area contributed by atoms with Crippen LogP contribution >= 0.6 is 11.3 Å². The minimum Gasteiger partial charge on any atom is -0.367 e. The van der Waals surface area contributed by atoms with Crippen LogP contribution in [0.3, 0.4) is 0 Å². The number of amides is 1. The molecule has 1 aromatic carbocycles. The van der Waals surface area contributed by atoms with Gasteiger partial charge >= 0.3 is 0 Å². The maximum atomic E-state index is 13.1. The van der Waals surface area contributed by atoms with E-state index < -0.39 is 0 Å². The SMILES string of the molecule is Cc1nc(C(=O)N(Cc2cc(-c3ccc4ncnc(NC5CC5)c4c3)ccn2)C2CC2)cs1. The second-order valence-electron chi connectivity index (χ2n) is 8.82. The Labute approximate surface area is 195 Å². The standard InChI is InChI=1S/C25H24N6OS/c1-15-29-23(13-33-15)25(32)31(20-5-6-20)12-19-10-17(8-9-26-19)16-2-7-22-21(11-16)24(28-14-27-22)30-18-3-4-18/h2,7-11,13-14,18,20H,3-6,12H2,1H3,(H,27,28,30). The molecule has 2 saturated carbocycles. The number of hydrogen-bond donors (Lipinski definition) is 1. The van der Waals surface area contributed by atoms with Gasteiger partial charge in [0.05, 0.1) is 22.8 Å². The van der Waals surface area contributed by atoms with Crippen molar-refractivity contribution in [2.24, 2.45) is 0 Å². The summed E-state index contributed by atoms with van der Waals surface area (Å²) in [5.74, 6) is 0.885. The van der Waals surface area contributed by atoms with Crippen molar-refractivity contribution >= 4 is 34.0 Å². The van der Waals surface area contributed by atoms with Crippen molar-refractivity contribution in [3.63, 3.8) is 0 Å². The fraction of sp³-hybridized carbons (Fsp3) is 0.320. The van der Waals surface area contributed by atoms with Crippen LogP contribution in [0.5, 0.6) is 0 Å². The number of fused-ring (bicyclic) bond motifs is 1. The second-order valence-corrected chi connectivity index (χ2v) is 9.89. The van der Waals surface area contributed by atoms with Crippen molar-refractivity contribution in [3.05, 3.63) is 64.6 Å². The summed E-state index contributed by atoms with van der Waals surface area (Å²) in [6.45, 7) is 2.41. The Morgan fingerprint density at radius 1 is 1.09 bits per heavy atom. The number of thiazole rings is 1. The van der Waals surface area contributed by atoms with Crippen LogP contribution < -0.4 is 5.32 Å². The minimum absolute atomic E-state index is 0.00676. The molecule has 1 N–H and O–H groups in total. The van der Waals surface area contributed by atoms with E-state index in [1.165, 1.54) is 24.2 Å². The molecule has 0 spiro atoms. The maximum Gasteiger partial charge on any atom is 0.273 e. The normalized spacial score (nSPS) is 15.5. The maximum absolute atomic E-state index is 13.1. The number of rotatable bonds is 7. The topological polar surface area (TPSA) is 83.9 Å². The third kappa shape index (κ3) is 4.30. The van der Waals surface area contributed by atoms with Gasteiger partial charge in [-0.1, -0.05) is 6.07 Å². The van der Waals surface area contributed by atoms with Gasteiger partial charge in [-0.25, -0.2) is 15.0 Å². The van der Waals surface area contributed by atoms with Crippen molar-refractivity contribution < 1.29 is 4.79 Å². The predicted molar refractivity (Wildman–Crippen MR) is 129 cm³/mol. The van der Waals surface area contributed by atoms with Crippen LogP contribution in [0.1, 0.15) is 46.9 Å². The molecule has 0 unspecified atom stereocenters. The van der Waals surface area contributed by atoms with E-state index in [0.717, 1.165) is 51.4 Å². The number of aromatic nitrogens is 4. The predicted octanol–water partition coefficient (Wildman–Crippen LogP) is 4.84. The molecule has 2 fully saturated rings. The van der Waals surface area contributed by atoms with Gasteiger partial charge in [0.25, 0.3) is 5.91 Å². The van der Waals surface area contributed by atoms with Crippen molar-refractivity contribution in [1.82, 2.24) is 24.8 Å². The van der Waals surface area contributed by atoms with Gasteiger partial charge in [0.15, 0.2) is 0 Å². The molecule has 166 valence electrons. The summed E-state index contributed by atoms with van der Waals surface area (Å²) in [7, 11) is 0. The molecular weight excluding hydrogens is 432 g/mol. The van der Waals surface area contributed by atoms with E-state index in [0.29, 0.717) is 18.3 Å². The Bertz CT molecular complexity index is 1340. The van der Waals surface area contributed by atoms with Gasteiger partial charge in [-0.2, -0.15) is 0 Å². The molecule has 3 heterocycles. The molecule has 0 radical (unpaired) electrons. The Hall–Kier alpha value is -3.39. The second kappa shape index (κ2) is 8.19. The van der Waals surface area contributed by atoms with Crippen LogP contribution in [0, 0.1) is 6.92 Å². The highest BCUT2D eigenvalue weighted by molar-refractivity contribution is 7.09. The third-order valence-corrected chi connectivity index (χ3v) is 6.90. The lowest BCUT2D eigenvalue weighted by atomic mass is 10.0. The number of pyridine rings is 1. The lowest BCUT2D eigenvalue weighted by Gasteiger charge is -2.21. The van der Waals surface area contributed by atoms with Gasteiger partial charge in [-0.05, 0) is 68.0 Å². The van der Waals surface area contributed by atoms with E-state index in [4.69, 9.17) is 0 Å². The van der Waals surface area contributed by atoms with Crippen LogP contribution in [0.15, 0.2) is 48.2 Å². The largest absolute Gasteiger partial charge is 0.367 e. The number of benzene rings is 1. The van der Waals surface area contributed by atoms with E-state index in [9.17, 15) is 4.79 Å². The van der Waals surface area contributed by atoms with E-state index in [-0.39, 0.29) is 11.9 Å². The molecular formula is C25H24N6OS. The van der Waals surface area contributed by atoms with Crippen molar-refractivity contribution in [2.75, 3.05) is 5.32 Å². The molecule has 2 aliphatic rings. The van der Waals surface area contributed by atoms with Gasteiger partial charge in [0.2, 0.25) is 0 Å². The van der Waals surface area contributed by atoms with E-state index >= 15 is 0 Å². The van der Waals surface area contributed by atoms with Crippen LogP contribution in [-0.4, -0.2) is 42.8 Å². The van der Waals surface area contributed by atoms with Crippen molar-refractivity contribution in [3.8, 4) is 11.1 Å². The number of nitrogens with one attached hydrogen (secondary N) is 1. The minimum atomic E-state index is -0.00676. The van der Waals surface area contributed by atoms with Crippen LogP contribution in [0.2, 0.25) is 0 Å². The lowest BCUT2D eigenvalue weighted by molar-refractivity contribution is 0.0722. The number of carbonyl (C=O) groups is 1. The van der Waals surface area contributed by atoms with Gasteiger partial charge in [0, 0.05) is 29.0 Å². The molecule has 2 aliphatic carbocycles. The summed E-state index contributed by atoms with van der Waals surface area (Å²) in [5, 5.41) is 7.29. The Balaban J connectivity index is 1.29. The first-order chi connectivity index (χ1) is 16.1. The Kier molecular flexibility index (Phi) is 5.02. The summed E-state index contributed by atoms with van der Waals surface area (Å²) < 4.78 is 0. The van der Waals surface area contributed by atoms with Crippen LogP contribution in [0.25, 0.3) is 22.0 Å². The molecule has 0 aliphatic heterocycles. The highest BCUT2D eigenvalue weighted by Crippen LogP contribution is 2.32. The first-order valence-corrected chi connectivity index (χ1v) is 12.2. The molecule has 1 amide bonds. The van der Waals surface area contributed by atoms with E-state index in [1.807, 2.05) is 35.5 Å². The molecule has 7 nitrogen and oxygen atoms in total. The zero-order chi connectivity index (χ0) is 22.4. The first-order valence-electron chi connectivity index (χ1n) is 11.3. The molecule has 8 heteroatoms. The molecule has 4 aromatic rings. The fourth-order valence-electron chi connectivity index (χ4n) is 4.05. The third-order valence-electron chi connectivity index (χ3n) is 6.12. The average Bonchev–Trinajstić information content (AvgIpc) is 3.77. The van der Waals surface area contributed by atoms with E-state index in [2.05, 4.69) is 43.5 Å². The number of carbonyl (C=O) groups excluding carboxylic acids is 1. The summed E-state index contributed by atoms with van der Waals surface area (Å²) in [5.41, 5.74) is 4.48. The molecule has 0 atom stereocenters. The van der Waals surface area contributed by atoms with Gasteiger partial charge in [-0.15, -0.1) is 11.3 Å². The van der Waals surface area contributed by atoms with Crippen molar-refractivity contribution in [1.29, 1.82) is 0 Å². The molecule has 0 saturated heterocycles. The zero-order valence-corrected chi connectivity index (χ0v) is 19.2. The van der Waals surface area contributed by atoms with Crippen molar-refractivity contribution in [2.45, 2.75) is 51.2 Å². The number of anilines is 1. The highest BCUT2D eigenvalue weighted by atomic mass is 32.1. The smallest absolute Gasteiger partial charge is 0.273 e. The summed E-state index contributed by atoms with van der Waals surface area (Å²) in [6.07, 6.45) is 7.89. The molecule has 0 bridgehead atoms. The monoisotopic (exact) mass is 456 g/mol. The first kappa shape index (κ1) is 20.2. The van der Waals surface area contributed by atoms with Gasteiger partial charge in [0.1, 0.15) is 17.8 Å². The van der Waals surface area contributed by atoms with Crippen LogP contribution in [-0.2, 0) is 6.54 Å². The zero-order valence-electron chi connectivity index (χ0n) is 18.4. The summed E-state index contributed by atoms with van der Waals surface area (Å²) >= 11 is 1.51. The quantitative estimate of drug-likeness (QED) is 0.429. The fourth-order valence-corrected chi connectivity index (χ4v) is 4.64. The Morgan fingerprint density at radius 3 is 2.70 bits per heavy atom. The molecule has 6 rings (SSSR count). The molecule has 33 heavy (non-hydrogen) atoms. The molecule has 3 aromatic heterocycles. The highest BCUT2D eigenvalue weighted by Gasteiger charge is 2.34. The van der Waals surface area contributed by atoms with E-state index in [1.54, 1.807) is 6.33 Å². The summed E-state index contributed by atoms with van der Waals surface area (Å²) in [6, 6.07) is 11.1. The number of aryl methyl sites for hydroxylation is 1. The summed E-state index contributed by atoms with van der Waals surface area (Å²) in [4.78, 5) is 32.9. The number of nitrogens with zero attached hydrogens (tertiary/aromatic N) is 5. The lowest BCUT2D eigenvalue weighted by Crippen LogP contribution is -2.33. The Morgan fingerprint density at radius 2 is 1.94 bits per heavy atom. The average molecular weight is 457 g/mol. The van der Waals surface area contributed by atoms with Gasteiger partial charge in [-0.3, -0.25) is 9.78 Å². The van der Waals surface area contributed by atoms with Crippen LogP contribution in [0.4, 0.5) is 5.82 Å².